The third-order valence-electron chi connectivity index (χ3n) is 3.81. The van der Waals surface area contributed by atoms with Crippen LogP contribution < -0.4 is 11.1 Å². The van der Waals surface area contributed by atoms with Gasteiger partial charge in [0.1, 0.15) is 4.88 Å². The number of carbonyl (C=O) groups excluding carboxylic acids is 1. The van der Waals surface area contributed by atoms with E-state index in [1.165, 1.54) is 16.9 Å². The topological polar surface area (TPSA) is 55.1 Å². The molecule has 0 fully saturated rings. The summed E-state index contributed by atoms with van der Waals surface area (Å²) in [6.45, 7) is 9.19. The van der Waals surface area contributed by atoms with E-state index in [1.807, 2.05) is 19.1 Å². The standard InChI is InChI=1S/C16H22N2OS/c1-9(2)11(4)8-18-16(19)15-14(17)12-6-5-10(3)7-13(12)20-15/h5-7,9,11H,8,17H2,1-4H3,(H,18,19). The molecule has 3 N–H and O–H groups in total. The van der Waals surface area contributed by atoms with Crippen molar-refractivity contribution in [1.82, 2.24) is 5.32 Å². The molecule has 1 aromatic carbocycles. The van der Waals surface area contributed by atoms with Crippen molar-refractivity contribution in [1.29, 1.82) is 0 Å². The largest absolute Gasteiger partial charge is 0.397 e. The predicted molar refractivity (Wildman–Crippen MR) is 87.3 cm³/mol. The van der Waals surface area contributed by atoms with E-state index in [0.29, 0.717) is 28.9 Å². The number of nitrogens with one attached hydrogen (secondary N) is 1. The van der Waals surface area contributed by atoms with Gasteiger partial charge >= 0.3 is 0 Å². The number of anilines is 1. The highest BCUT2D eigenvalue weighted by atomic mass is 32.1. The second-order valence-electron chi connectivity index (χ2n) is 5.78. The lowest BCUT2D eigenvalue weighted by atomic mass is 9.98. The van der Waals surface area contributed by atoms with Crippen LogP contribution in [-0.4, -0.2) is 12.5 Å². The monoisotopic (exact) mass is 290 g/mol. The highest BCUT2D eigenvalue weighted by Crippen LogP contribution is 2.34. The van der Waals surface area contributed by atoms with Crippen LogP contribution >= 0.6 is 11.3 Å². The van der Waals surface area contributed by atoms with Crippen molar-refractivity contribution in [3.05, 3.63) is 28.6 Å². The van der Waals surface area contributed by atoms with Gasteiger partial charge < -0.3 is 11.1 Å². The van der Waals surface area contributed by atoms with Crippen LogP contribution in [0, 0.1) is 18.8 Å². The molecule has 0 saturated carbocycles. The van der Waals surface area contributed by atoms with Gasteiger partial charge in [0.25, 0.3) is 5.91 Å². The molecule has 0 saturated heterocycles. The molecule has 0 aliphatic heterocycles. The number of aryl methyl sites for hydroxylation is 1. The zero-order chi connectivity index (χ0) is 14.9. The molecule has 0 aliphatic carbocycles. The highest BCUT2D eigenvalue weighted by Gasteiger charge is 2.17. The molecule has 20 heavy (non-hydrogen) atoms. The van der Waals surface area contributed by atoms with Crippen LogP contribution in [0.15, 0.2) is 18.2 Å². The first-order valence-corrected chi connectivity index (χ1v) is 7.78. The molecule has 3 nitrogen and oxygen atoms in total. The number of amides is 1. The lowest BCUT2D eigenvalue weighted by Crippen LogP contribution is -2.30. The molecule has 1 aromatic heterocycles. The second kappa shape index (κ2) is 5.83. The van der Waals surface area contributed by atoms with Crippen LogP contribution in [-0.2, 0) is 0 Å². The maximum Gasteiger partial charge on any atom is 0.263 e. The van der Waals surface area contributed by atoms with E-state index in [0.717, 1.165) is 10.1 Å². The van der Waals surface area contributed by atoms with E-state index in [1.54, 1.807) is 0 Å². The first-order chi connectivity index (χ1) is 9.40. The van der Waals surface area contributed by atoms with Crippen molar-refractivity contribution in [3.63, 3.8) is 0 Å². The van der Waals surface area contributed by atoms with Gasteiger partial charge in [-0.15, -0.1) is 11.3 Å². The Hall–Kier alpha value is -1.55. The molecule has 0 aliphatic rings. The molecule has 1 amide bonds. The number of fused-ring (bicyclic) bond motifs is 1. The van der Waals surface area contributed by atoms with Crippen molar-refractivity contribution < 1.29 is 4.79 Å². The average molecular weight is 290 g/mol. The van der Waals surface area contributed by atoms with Gasteiger partial charge in [-0.3, -0.25) is 4.79 Å². The Bertz CT molecular complexity index is 631. The number of hydrogen-bond acceptors (Lipinski definition) is 3. The Morgan fingerprint density at radius 2 is 2.05 bits per heavy atom. The minimum absolute atomic E-state index is 0.0612. The minimum atomic E-state index is -0.0612. The summed E-state index contributed by atoms with van der Waals surface area (Å²) in [7, 11) is 0. The first kappa shape index (κ1) is 14.9. The Morgan fingerprint density at radius 3 is 2.70 bits per heavy atom. The normalized spacial score (nSPS) is 12.8. The van der Waals surface area contributed by atoms with Gasteiger partial charge in [-0.25, -0.2) is 0 Å². The van der Waals surface area contributed by atoms with E-state index >= 15 is 0 Å². The number of benzene rings is 1. The van der Waals surface area contributed by atoms with Gasteiger partial charge in [0.15, 0.2) is 0 Å². The van der Waals surface area contributed by atoms with Crippen LogP contribution in [0.4, 0.5) is 5.69 Å². The van der Waals surface area contributed by atoms with Gasteiger partial charge in [0.05, 0.1) is 5.69 Å². The number of rotatable bonds is 4. The maximum absolute atomic E-state index is 12.3. The number of nitrogens with two attached hydrogens (primary N) is 1. The fourth-order valence-corrected chi connectivity index (χ4v) is 3.10. The molecule has 0 bridgehead atoms. The van der Waals surface area contributed by atoms with Crippen LogP contribution in [0.2, 0.25) is 0 Å². The first-order valence-electron chi connectivity index (χ1n) is 6.97. The van der Waals surface area contributed by atoms with Crippen molar-refractivity contribution in [3.8, 4) is 0 Å². The summed E-state index contributed by atoms with van der Waals surface area (Å²) in [6.07, 6.45) is 0. The van der Waals surface area contributed by atoms with E-state index in [-0.39, 0.29) is 5.91 Å². The van der Waals surface area contributed by atoms with Crippen molar-refractivity contribution in [2.75, 3.05) is 12.3 Å². The zero-order valence-corrected chi connectivity index (χ0v) is 13.3. The summed E-state index contributed by atoms with van der Waals surface area (Å²) in [5, 5.41) is 3.96. The van der Waals surface area contributed by atoms with E-state index < -0.39 is 0 Å². The zero-order valence-electron chi connectivity index (χ0n) is 12.5. The SMILES string of the molecule is Cc1ccc2c(N)c(C(=O)NCC(C)C(C)C)sc2c1. The summed E-state index contributed by atoms with van der Waals surface area (Å²) in [5.41, 5.74) is 7.88. The van der Waals surface area contributed by atoms with E-state index in [2.05, 4.69) is 32.2 Å². The maximum atomic E-state index is 12.3. The van der Waals surface area contributed by atoms with Crippen molar-refractivity contribution >= 4 is 33.0 Å². The number of hydrogen-bond donors (Lipinski definition) is 2. The molecule has 1 unspecified atom stereocenters. The summed E-state index contributed by atoms with van der Waals surface area (Å²) in [4.78, 5) is 12.9. The number of carbonyl (C=O) groups is 1. The van der Waals surface area contributed by atoms with Crippen LogP contribution in [0.25, 0.3) is 10.1 Å². The summed E-state index contributed by atoms with van der Waals surface area (Å²) < 4.78 is 1.07. The fourth-order valence-electron chi connectivity index (χ4n) is 1.96. The number of nitrogen functional groups attached to an aromatic ring is 1. The second-order valence-corrected chi connectivity index (χ2v) is 6.83. The van der Waals surface area contributed by atoms with Crippen molar-refractivity contribution in [2.24, 2.45) is 11.8 Å². The van der Waals surface area contributed by atoms with Crippen LogP contribution in [0.3, 0.4) is 0 Å². The lowest BCUT2D eigenvalue weighted by Gasteiger charge is -2.15. The van der Waals surface area contributed by atoms with Gasteiger partial charge in [-0.05, 0) is 30.4 Å². The average Bonchev–Trinajstić information content (AvgIpc) is 2.72. The third kappa shape index (κ3) is 2.96. The molecule has 108 valence electrons. The molecule has 1 atom stereocenters. The molecule has 2 rings (SSSR count). The predicted octanol–water partition coefficient (Wildman–Crippen LogP) is 3.81. The van der Waals surface area contributed by atoms with Crippen LogP contribution in [0.5, 0.6) is 0 Å². The quantitative estimate of drug-likeness (QED) is 0.899. The molecular weight excluding hydrogens is 268 g/mol. The lowest BCUT2D eigenvalue weighted by molar-refractivity contribution is 0.0950. The molecule has 1 heterocycles. The molecule has 2 aromatic rings. The van der Waals surface area contributed by atoms with E-state index in [9.17, 15) is 4.79 Å². The molecule has 0 radical (unpaired) electrons. The highest BCUT2D eigenvalue weighted by molar-refractivity contribution is 7.21. The van der Waals surface area contributed by atoms with Crippen molar-refractivity contribution in [2.45, 2.75) is 27.7 Å². The summed E-state index contributed by atoms with van der Waals surface area (Å²) >= 11 is 1.47. The number of thiophene rings is 1. The van der Waals surface area contributed by atoms with E-state index in [4.69, 9.17) is 5.73 Å². The Kier molecular flexibility index (Phi) is 4.33. The summed E-state index contributed by atoms with van der Waals surface area (Å²) in [6, 6.07) is 6.09. The molecular formula is C16H22N2OS. The summed E-state index contributed by atoms with van der Waals surface area (Å²) in [5.74, 6) is 0.948. The molecule has 4 heteroatoms. The smallest absolute Gasteiger partial charge is 0.263 e. The fraction of sp³-hybridized carbons (Fsp3) is 0.438. The van der Waals surface area contributed by atoms with Gasteiger partial charge in [0.2, 0.25) is 0 Å². The third-order valence-corrected chi connectivity index (χ3v) is 4.98. The minimum Gasteiger partial charge on any atom is -0.397 e. The van der Waals surface area contributed by atoms with Crippen LogP contribution in [0.1, 0.15) is 36.0 Å². The van der Waals surface area contributed by atoms with Gasteiger partial charge in [0, 0.05) is 16.6 Å². The Labute approximate surface area is 124 Å². The van der Waals surface area contributed by atoms with Gasteiger partial charge in [-0.2, -0.15) is 0 Å². The Balaban J connectivity index is 2.20. The van der Waals surface area contributed by atoms with Gasteiger partial charge in [-0.1, -0.05) is 32.9 Å². The Morgan fingerprint density at radius 1 is 1.35 bits per heavy atom. The molecule has 0 spiro atoms.